The number of ketones is 1. The summed E-state index contributed by atoms with van der Waals surface area (Å²) in [5.74, 6) is 2.83. The van der Waals surface area contributed by atoms with Crippen LogP contribution in [0.4, 0.5) is 0 Å². The lowest BCUT2D eigenvalue weighted by Gasteiger charge is -2.29. The quantitative estimate of drug-likeness (QED) is 0.647. The van der Waals surface area contributed by atoms with E-state index < -0.39 is 0 Å². The molecular formula is C22H18N2O4. The standard InChI is InChI=1S/C22H18N2O4/c1-14-4-5-16(27-14)9-20-21(25)17-6-7-19-18(22(17)28-20)12-24(13-26-19)11-15-3-2-8-23-10-15/h2-10H,11-13H2,1H3. The average Bonchev–Trinajstić information content (AvgIpc) is 3.26. The topological polar surface area (TPSA) is 64.8 Å². The maximum absolute atomic E-state index is 12.8. The van der Waals surface area contributed by atoms with E-state index in [-0.39, 0.29) is 11.5 Å². The lowest BCUT2D eigenvalue weighted by atomic mass is 10.0. The van der Waals surface area contributed by atoms with Crippen molar-refractivity contribution < 1.29 is 18.7 Å². The first-order chi connectivity index (χ1) is 13.7. The highest BCUT2D eigenvalue weighted by atomic mass is 16.5. The van der Waals surface area contributed by atoms with Crippen molar-refractivity contribution in [2.24, 2.45) is 0 Å². The van der Waals surface area contributed by atoms with Crippen LogP contribution in [0.1, 0.15) is 33.0 Å². The predicted octanol–water partition coefficient (Wildman–Crippen LogP) is 3.95. The molecule has 0 bridgehead atoms. The van der Waals surface area contributed by atoms with Crippen LogP contribution in [0.25, 0.3) is 6.08 Å². The van der Waals surface area contributed by atoms with Crippen LogP contribution in [0, 0.1) is 6.92 Å². The van der Waals surface area contributed by atoms with Gasteiger partial charge in [-0.25, -0.2) is 0 Å². The van der Waals surface area contributed by atoms with E-state index in [9.17, 15) is 4.79 Å². The van der Waals surface area contributed by atoms with Gasteiger partial charge in [-0.2, -0.15) is 0 Å². The Balaban J connectivity index is 1.43. The minimum absolute atomic E-state index is 0.142. The fraction of sp³-hybridized carbons (Fsp3) is 0.182. The van der Waals surface area contributed by atoms with Crippen molar-refractivity contribution in [3.8, 4) is 11.5 Å². The molecule has 5 rings (SSSR count). The van der Waals surface area contributed by atoms with E-state index in [2.05, 4.69) is 9.88 Å². The minimum Gasteiger partial charge on any atom is -0.478 e. The smallest absolute Gasteiger partial charge is 0.232 e. The summed E-state index contributed by atoms with van der Waals surface area (Å²) in [6.07, 6.45) is 5.24. The van der Waals surface area contributed by atoms with Gasteiger partial charge in [0.25, 0.3) is 0 Å². The van der Waals surface area contributed by atoms with Crippen molar-refractivity contribution in [2.75, 3.05) is 6.73 Å². The molecule has 0 aliphatic carbocycles. The van der Waals surface area contributed by atoms with Gasteiger partial charge in [0.2, 0.25) is 5.78 Å². The van der Waals surface area contributed by atoms with E-state index >= 15 is 0 Å². The predicted molar refractivity (Wildman–Crippen MR) is 102 cm³/mol. The summed E-state index contributed by atoms with van der Waals surface area (Å²) in [4.78, 5) is 19.1. The molecule has 0 unspecified atom stereocenters. The van der Waals surface area contributed by atoms with Gasteiger partial charge in [0.15, 0.2) is 5.76 Å². The third-order valence-corrected chi connectivity index (χ3v) is 4.85. The molecule has 0 N–H and O–H groups in total. The van der Waals surface area contributed by atoms with E-state index in [1.54, 1.807) is 18.3 Å². The van der Waals surface area contributed by atoms with Gasteiger partial charge in [0.1, 0.15) is 29.8 Å². The lowest BCUT2D eigenvalue weighted by Crippen LogP contribution is -2.31. The van der Waals surface area contributed by atoms with Crippen LogP contribution in [0.15, 0.2) is 59.0 Å². The van der Waals surface area contributed by atoms with Crippen molar-refractivity contribution in [3.63, 3.8) is 0 Å². The molecule has 28 heavy (non-hydrogen) atoms. The number of aryl methyl sites for hydroxylation is 1. The number of carbonyl (C=O) groups is 1. The summed E-state index contributed by atoms with van der Waals surface area (Å²) in [7, 11) is 0. The Bertz CT molecular complexity index is 1090. The molecule has 2 aromatic heterocycles. The molecule has 0 radical (unpaired) electrons. The molecule has 0 saturated heterocycles. The van der Waals surface area contributed by atoms with Crippen molar-refractivity contribution in [2.45, 2.75) is 20.0 Å². The summed E-state index contributed by atoms with van der Waals surface area (Å²) < 4.78 is 17.4. The highest BCUT2D eigenvalue weighted by Gasteiger charge is 2.33. The number of aromatic nitrogens is 1. The highest BCUT2D eigenvalue weighted by Crippen LogP contribution is 2.42. The van der Waals surface area contributed by atoms with Gasteiger partial charge in [-0.1, -0.05) is 6.07 Å². The van der Waals surface area contributed by atoms with Gasteiger partial charge < -0.3 is 13.9 Å². The summed E-state index contributed by atoms with van der Waals surface area (Å²) in [6.45, 7) is 3.68. The Hall–Kier alpha value is -3.38. The lowest BCUT2D eigenvalue weighted by molar-refractivity contribution is 0.0872. The summed E-state index contributed by atoms with van der Waals surface area (Å²) in [5.41, 5.74) is 2.55. The second-order valence-corrected chi connectivity index (χ2v) is 6.93. The van der Waals surface area contributed by atoms with Gasteiger partial charge >= 0.3 is 0 Å². The molecule has 0 fully saturated rings. The largest absolute Gasteiger partial charge is 0.478 e. The molecule has 0 atom stereocenters. The fourth-order valence-corrected chi connectivity index (χ4v) is 3.52. The summed E-state index contributed by atoms with van der Waals surface area (Å²) in [5, 5.41) is 0. The Morgan fingerprint density at radius 1 is 1.21 bits per heavy atom. The van der Waals surface area contributed by atoms with Crippen LogP contribution in [0.5, 0.6) is 11.5 Å². The van der Waals surface area contributed by atoms with E-state index in [1.165, 1.54) is 0 Å². The number of carbonyl (C=O) groups excluding carboxylic acids is 1. The van der Waals surface area contributed by atoms with E-state index in [1.807, 2.05) is 43.5 Å². The first kappa shape index (κ1) is 16.8. The molecule has 0 saturated carbocycles. The Kier molecular flexibility index (Phi) is 3.98. The van der Waals surface area contributed by atoms with Crippen LogP contribution < -0.4 is 9.47 Å². The zero-order chi connectivity index (χ0) is 19.1. The van der Waals surface area contributed by atoms with Crippen LogP contribution in [0.2, 0.25) is 0 Å². The summed E-state index contributed by atoms with van der Waals surface area (Å²) >= 11 is 0. The van der Waals surface area contributed by atoms with E-state index in [4.69, 9.17) is 13.9 Å². The molecule has 3 aromatic rings. The zero-order valence-corrected chi connectivity index (χ0v) is 15.3. The number of ether oxygens (including phenoxy) is 2. The fourth-order valence-electron chi connectivity index (χ4n) is 3.52. The number of furan rings is 1. The van der Waals surface area contributed by atoms with Crippen molar-refractivity contribution in [1.82, 2.24) is 9.88 Å². The number of rotatable bonds is 3. The third kappa shape index (κ3) is 2.97. The first-order valence-electron chi connectivity index (χ1n) is 9.08. The number of hydrogen-bond acceptors (Lipinski definition) is 6. The minimum atomic E-state index is -0.142. The SMILES string of the molecule is Cc1ccc(C=C2Oc3c(ccc4c3CN(Cc3cccnc3)CO4)C2=O)o1. The molecule has 0 amide bonds. The average molecular weight is 374 g/mol. The maximum atomic E-state index is 12.8. The van der Waals surface area contributed by atoms with E-state index in [0.717, 1.165) is 22.6 Å². The molecule has 1 aromatic carbocycles. The number of allylic oxidation sites excluding steroid dienone is 1. The number of nitrogens with zero attached hydrogens (tertiary/aromatic N) is 2. The van der Waals surface area contributed by atoms with Gasteiger partial charge in [-0.05, 0) is 42.8 Å². The normalized spacial score (nSPS) is 17.2. The van der Waals surface area contributed by atoms with Gasteiger partial charge in [-0.15, -0.1) is 0 Å². The number of fused-ring (bicyclic) bond motifs is 3. The van der Waals surface area contributed by atoms with Crippen LogP contribution >= 0.6 is 0 Å². The Morgan fingerprint density at radius 3 is 2.93 bits per heavy atom. The highest BCUT2D eigenvalue weighted by molar-refractivity contribution is 6.14. The van der Waals surface area contributed by atoms with Crippen LogP contribution in [0.3, 0.4) is 0 Å². The molecule has 2 aliphatic heterocycles. The molecule has 6 nitrogen and oxygen atoms in total. The van der Waals surface area contributed by atoms with E-state index in [0.29, 0.717) is 36.9 Å². The van der Waals surface area contributed by atoms with Gasteiger partial charge in [-0.3, -0.25) is 14.7 Å². The number of benzene rings is 1. The molecule has 140 valence electrons. The Morgan fingerprint density at radius 2 is 2.14 bits per heavy atom. The maximum Gasteiger partial charge on any atom is 0.232 e. The van der Waals surface area contributed by atoms with Crippen LogP contribution in [-0.2, 0) is 13.1 Å². The van der Waals surface area contributed by atoms with Gasteiger partial charge in [0.05, 0.1) is 11.1 Å². The van der Waals surface area contributed by atoms with Crippen molar-refractivity contribution in [1.29, 1.82) is 0 Å². The number of hydrogen-bond donors (Lipinski definition) is 0. The third-order valence-electron chi connectivity index (χ3n) is 4.85. The van der Waals surface area contributed by atoms with Gasteiger partial charge in [0, 0.05) is 31.6 Å². The molecule has 0 spiro atoms. The molecule has 6 heteroatoms. The summed E-state index contributed by atoms with van der Waals surface area (Å²) in [6, 6.07) is 11.2. The number of Topliss-reactive ketones (excluding diaryl/α,β-unsaturated/α-hetero) is 1. The number of pyridine rings is 1. The zero-order valence-electron chi connectivity index (χ0n) is 15.3. The Labute approximate surface area is 162 Å². The molecule has 4 heterocycles. The monoisotopic (exact) mass is 374 g/mol. The van der Waals surface area contributed by atoms with Crippen LogP contribution in [-0.4, -0.2) is 22.4 Å². The first-order valence-corrected chi connectivity index (χ1v) is 9.08. The van der Waals surface area contributed by atoms with Crippen molar-refractivity contribution in [3.05, 3.63) is 82.8 Å². The second kappa shape index (κ2) is 6.65. The molecule has 2 aliphatic rings. The molecular weight excluding hydrogens is 356 g/mol. The van der Waals surface area contributed by atoms with Crippen molar-refractivity contribution >= 4 is 11.9 Å². The second-order valence-electron chi connectivity index (χ2n) is 6.93.